The molecule has 2 aromatic heterocycles. The first-order chi connectivity index (χ1) is 15.0. The lowest BCUT2D eigenvalue weighted by Gasteiger charge is -2.21. The smallest absolute Gasteiger partial charge is 0.240 e. The summed E-state index contributed by atoms with van der Waals surface area (Å²) in [7, 11) is 0. The van der Waals surface area contributed by atoms with Crippen LogP contribution in [0, 0.1) is 0 Å². The molecule has 4 aromatic rings. The highest BCUT2D eigenvalue weighted by molar-refractivity contribution is 8.00. The highest BCUT2D eigenvalue weighted by atomic mass is 32.2. The highest BCUT2D eigenvalue weighted by Gasteiger charge is 2.30. The zero-order chi connectivity index (χ0) is 21.5. The van der Waals surface area contributed by atoms with Crippen LogP contribution in [0.4, 0.5) is 5.69 Å². The standard InChI is InChI=1S/C24H24N4O2S/c1-15(2)28-22(21-14-18-9-5-7-11-20(18)30-21)25-26-24(28)31-16(3)23(29)27-13-12-17-8-4-6-10-19(17)27/h4-11,14-16H,12-13H2,1-3H3/t16-/m1/s1. The summed E-state index contributed by atoms with van der Waals surface area (Å²) in [4.78, 5) is 15.1. The number of amides is 1. The van der Waals surface area contributed by atoms with Crippen molar-refractivity contribution >= 4 is 34.3 Å². The van der Waals surface area contributed by atoms with E-state index in [2.05, 4.69) is 30.1 Å². The van der Waals surface area contributed by atoms with Gasteiger partial charge in [0.1, 0.15) is 5.58 Å². The van der Waals surface area contributed by atoms with Gasteiger partial charge in [-0.2, -0.15) is 0 Å². The molecular weight excluding hydrogens is 408 g/mol. The summed E-state index contributed by atoms with van der Waals surface area (Å²) in [5.74, 6) is 1.46. The molecule has 0 saturated heterocycles. The van der Waals surface area contributed by atoms with Gasteiger partial charge in [-0.05, 0) is 51.0 Å². The Morgan fingerprint density at radius 3 is 2.65 bits per heavy atom. The van der Waals surface area contributed by atoms with Gasteiger partial charge in [-0.25, -0.2) is 0 Å². The number of anilines is 1. The predicted molar refractivity (Wildman–Crippen MR) is 123 cm³/mol. The summed E-state index contributed by atoms with van der Waals surface area (Å²) in [6.45, 7) is 6.84. The molecule has 7 heteroatoms. The van der Waals surface area contributed by atoms with Crippen molar-refractivity contribution in [2.24, 2.45) is 0 Å². The molecule has 6 nitrogen and oxygen atoms in total. The van der Waals surface area contributed by atoms with Crippen molar-refractivity contribution in [3.8, 4) is 11.6 Å². The van der Waals surface area contributed by atoms with E-state index in [4.69, 9.17) is 4.42 Å². The van der Waals surface area contributed by atoms with Crippen LogP contribution in [0.15, 0.2) is 64.2 Å². The van der Waals surface area contributed by atoms with Crippen LogP contribution in [-0.4, -0.2) is 32.5 Å². The molecule has 0 unspecified atom stereocenters. The van der Waals surface area contributed by atoms with E-state index in [0.29, 0.717) is 11.6 Å². The average molecular weight is 433 g/mol. The first-order valence-corrected chi connectivity index (χ1v) is 11.4. The molecule has 31 heavy (non-hydrogen) atoms. The van der Waals surface area contributed by atoms with Crippen molar-refractivity contribution in [3.63, 3.8) is 0 Å². The van der Waals surface area contributed by atoms with Gasteiger partial charge in [0.05, 0.1) is 5.25 Å². The van der Waals surface area contributed by atoms with E-state index < -0.39 is 0 Å². The second-order valence-corrected chi connectivity index (χ2v) is 9.36. The van der Waals surface area contributed by atoms with E-state index in [-0.39, 0.29) is 17.2 Å². The number of rotatable bonds is 5. The lowest BCUT2D eigenvalue weighted by Crippen LogP contribution is -2.35. The molecule has 5 rings (SSSR count). The first-order valence-electron chi connectivity index (χ1n) is 10.5. The van der Waals surface area contributed by atoms with Gasteiger partial charge in [0, 0.05) is 23.7 Å². The van der Waals surface area contributed by atoms with E-state index in [9.17, 15) is 4.79 Å². The number of benzene rings is 2. The number of aromatic nitrogens is 3. The topological polar surface area (TPSA) is 64.2 Å². The Kier molecular flexibility index (Phi) is 5.06. The van der Waals surface area contributed by atoms with Gasteiger partial charge >= 0.3 is 0 Å². The number of para-hydroxylation sites is 2. The summed E-state index contributed by atoms with van der Waals surface area (Å²) < 4.78 is 8.07. The lowest BCUT2D eigenvalue weighted by molar-refractivity contribution is -0.117. The molecule has 0 fully saturated rings. The van der Waals surface area contributed by atoms with Gasteiger partial charge < -0.3 is 9.32 Å². The third-order valence-corrected chi connectivity index (χ3v) is 6.65. The van der Waals surface area contributed by atoms with Crippen molar-refractivity contribution in [2.75, 3.05) is 11.4 Å². The number of carbonyl (C=O) groups excluding carboxylic acids is 1. The number of hydrogen-bond acceptors (Lipinski definition) is 5. The molecule has 0 saturated carbocycles. The maximum absolute atomic E-state index is 13.2. The maximum atomic E-state index is 13.2. The van der Waals surface area contributed by atoms with E-state index in [1.54, 1.807) is 0 Å². The van der Waals surface area contributed by atoms with E-state index in [1.165, 1.54) is 17.3 Å². The van der Waals surface area contributed by atoms with Crippen molar-refractivity contribution < 1.29 is 9.21 Å². The van der Waals surface area contributed by atoms with Gasteiger partial charge in [-0.3, -0.25) is 9.36 Å². The fraction of sp³-hybridized carbons (Fsp3) is 0.292. The first kappa shape index (κ1) is 19.9. The Morgan fingerprint density at radius 2 is 1.84 bits per heavy atom. The summed E-state index contributed by atoms with van der Waals surface area (Å²) in [5.41, 5.74) is 3.07. The number of thioether (sulfide) groups is 1. The fourth-order valence-electron chi connectivity index (χ4n) is 4.08. The summed E-state index contributed by atoms with van der Waals surface area (Å²) in [6.07, 6.45) is 0.900. The Hall–Kier alpha value is -3.06. The Labute approximate surface area is 185 Å². The SMILES string of the molecule is CC(C)n1c(S[C@H](C)C(=O)N2CCc3ccccc32)nnc1-c1cc2ccccc2o1. The van der Waals surface area contributed by atoms with Crippen molar-refractivity contribution in [1.82, 2.24) is 14.8 Å². The quantitative estimate of drug-likeness (QED) is 0.398. The molecule has 1 aliphatic heterocycles. The van der Waals surface area contributed by atoms with Crippen LogP contribution in [0.25, 0.3) is 22.6 Å². The van der Waals surface area contributed by atoms with Crippen LogP contribution in [0.1, 0.15) is 32.4 Å². The Morgan fingerprint density at radius 1 is 1.06 bits per heavy atom. The number of nitrogens with zero attached hydrogens (tertiary/aromatic N) is 4. The Bertz CT molecular complexity index is 1230. The molecule has 3 heterocycles. The molecular formula is C24H24N4O2S. The van der Waals surface area contributed by atoms with Gasteiger partial charge in [0.15, 0.2) is 10.9 Å². The summed E-state index contributed by atoms with van der Waals surface area (Å²) in [5, 5.41) is 10.3. The van der Waals surface area contributed by atoms with Crippen LogP contribution in [-0.2, 0) is 11.2 Å². The highest BCUT2D eigenvalue weighted by Crippen LogP contribution is 2.35. The average Bonchev–Trinajstić information content (AvgIpc) is 3.48. The molecule has 1 amide bonds. The second kappa shape index (κ2) is 7.89. The molecule has 0 aliphatic carbocycles. The van der Waals surface area contributed by atoms with Gasteiger partial charge in [0.25, 0.3) is 0 Å². The molecule has 1 aliphatic rings. The summed E-state index contributed by atoms with van der Waals surface area (Å²) >= 11 is 1.45. The molecule has 0 radical (unpaired) electrons. The molecule has 0 bridgehead atoms. The molecule has 158 valence electrons. The number of fused-ring (bicyclic) bond motifs is 2. The summed E-state index contributed by atoms with van der Waals surface area (Å²) in [6, 6.07) is 18.1. The molecule has 0 spiro atoms. The Balaban J connectivity index is 1.42. The molecule has 2 aromatic carbocycles. The zero-order valence-electron chi connectivity index (χ0n) is 17.8. The monoisotopic (exact) mass is 432 g/mol. The minimum atomic E-state index is -0.281. The number of carbonyl (C=O) groups is 1. The van der Waals surface area contributed by atoms with Gasteiger partial charge in [-0.1, -0.05) is 48.2 Å². The zero-order valence-corrected chi connectivity index (χ0v) is 18.6. The van der Waals surface area contributed by atoms with E-state index in [0.717, 1.165) is 34.8 Å². The van der Waals surface area contributed by atoms with E-state index in [1.807, 2.05) is 64.9 Å². The van der Waals surface area contributed by atoms with E-state index >= 15 is 0 Å². The number of furan rings is 1. The van der Waals surface area contributed by atoms with Crippen LogP contribution >= 0.6 is 11.8 Å². The van der Waals surface area contributed by atoms with Crippen molar-refractivity contribution in [1.29, 1.82) is 0 Å². The third-order valence-electron chi connectivity index (χ3n) is 5.61. The fourth-order valence-corrected chi connectivity index (χ4v) is 5.12. The number of hydrogen-bond donors (Lipinski definition) is 0. The van der Waals surface area contributed by atoms with Crippen LogP contribution < -0.4 is 4.90 Å². The van der Waals surface area contributed by atoms with Gasteiger partial charge in [0.2, 0.25) is 11.7 Å². The molecule has 1 atom stereocenters. The van der Waals surface area contributed by atoms with Gasteiger partial charge in [-0.15, -0.1) is 10.2 Å². The maximum Gasteiger partial charge on any atom is 0.240 e. The van der Waals surface area contributed by atoms with Crippen LogP contribution in [0.2, 0.25) is 0 Å². The van der Waals surface area contributed by atoms with Crippen LogP contribution in [0.5, 0.6) is 0 Å². The minimum Gasteiger partial charge on any atom is -0.453 e. The molecule has 0 N–H and O–H groups in total. The third kappa shape index (κ3) is 3.53. The minimum absolute atomic E-state index is 0.0959. The normalized spacial score (nSPS) is 14.4. The van der Waals surface area contributed by atoms with Crippen molar-refractivity contribution in [3.05, 3.63) is 60.2 Å². The van der Waals surface area contributed by atoms with Crippen molar-refractivity contribution in [2.45, 2.75) is 43.6 Å². The second-order valence-electron chi connectivity index (χ2n) is 8.05. The lowest BCUT2D eigenvalue weighted by atomic mass is 10.2. The largest absolute Gasteiger partial charge is 0.453 e. The van der Waals surface area contributed by atoms with Crippen LogP contribution in [0.3, 0.4) is 0 Å². The predicted octanol–water partition coefficient (Wildman–Crippen LogP) is 5.34.